The molecule has 194 valence electrons. The van der Waals surface area contributed by atoms with E-state index in [2.05, 4.69) is 15.2 Å². The topological polar surface area (TPSA) is 172 Å². The molecule has 0 bridgehead atoms. The van der Waals surface area contributed by atoms with Gasteiger partial charge in [-0.2, -0.15) is 0 Å². The van der Waals surface area contributed by atoms with Gasteiger partial charge in [-0.1, -0.05) is 11.8 Å². The molecule has 3 rings (SSSR count). The van der Waals surface area contributed by atoms with Gasteiger partial charge in [0, 0.05) is 11.2 Å². The Morgan fingerprint density at radius 2 is 1.63 bits per heavy atom. The lowest BCUT2D eigenvalue weighted by Gasteiger charge is -2.39. The fourth-order valence-electron chi connectivity index (χ4n) is 4.50. The lowest BCUT2D eigenvalue weighted by Crippen LogP contribution is -2.58. The van der Waals surface area contributed by atoms with Crippen molar-refractivity contribution >= 4 is 35.6 Å². The van der Waals surface area contributed by atoms with Crippen LogP contribution >= 0.6 is 11.8 Å². The molecule has 2 saturated carbocycles. The minimum absolute atomic E-state index is 0.0286. The van der Waals surface area contributed by atoms with Crippen LogP contribution in [0.2, 0.25) is 0 Å². The highest BCUT2D eigenvalue weighted by Gasteiger charge is 2.77. The van der Waals surface area contributed by atoms with Crippen LogP contribution in [0, 0.1) is 28.6 Å². The minimum atomic E-state index is -1.74. The third-order valence-corrected chi connectivity index (χ3v) is 7.56. The molecule has 1 aromatic rings. The van der Waals surface area contributed by atoms with Gasteiger partial charge in [0.25, 0.3) is 0 Å². The number of aliphatic carboxylic acids is 2. The molecular formula is C22H32N4O8S. The second-order valence-corrected chi connectivity index (χ2v) is 12.2. The first-order chi connectivity index (χ1) is 16.1. The van der Waals surface area contributed by atoms with Crippen LogP contribution in [0.5, 0.6) is 0 Å². The van der Waals surface area contributed by atoms with Gasteiger partial charge < -0.3 is 19.7 Å². The van der Waals surface area contributed by atoms with E-state index in [-0.39, 0.29) is 6.42 Å². The molecule has 2 aliphatic rings. The predicted octanol–water partition coefficient (Wildman–Crippen LogP) is 1.83. The molecule has 0 aromatic carbocycles. The van der Waals surface area contributed by atoms with E-state index in [4.69, 9.17) is 9.47 Å². The van der Waals surface area contributed by atoms with Crippen molar-refractivity contribution in [1.29, 1.82) is 0 Å². The Kier molecular flexibility index (Phi) is 7.24. The third-order valence-electron chi connectivity index (χ3n) is 6.37. The lowest BCUT2D eigenvalue weighted by atomic mass is 9.88. The van der Waals surface area contributed by atoms with Gasteiger partial charge in [-0.15, -0.1) is 5.10 Å². The number of ether oxygens (including phenoxy) is 2. The van der Waals surface area contributed by atoms with Gasteiger partial charge in [-0.05, 0) is 53.9 Å². The number of aromatic nitrogens is 3. The second kappa shape index (κ2) is 9.41. The molecule has 12 nitrogen and oxygen atoms in total. The van der Waals surface area contributed by atoms with E-state index in [1.165, 1.54) is 23.0 Å². The number of carbonyl (C=O) groups excluding carboxylic acids is 2. The molecule has 35 heavy (non-hydrogen) atoms. The van der Waals surface area contributed by atoms with E-state index in [0.717, 1.165) is 0 Å². The lowest BCUT2D eigenvalue weighted by molar-refractivity contribution is -0.185. The maximum absolute atomic E-state index is 12.8. The Balaban J connectivity index is 1.95. The number of thioether (sulfide) groups is 1. The van der Waals surface area contributed by atoms with E-state index < -0.39 is 76.7 Å². The van der Waals surface area contributed by atoms with Gasteiger partial charge in [0.2, 0.25) is 5.16 Å². The molecule has 0 radical (unpaired) electrons. The molecule has 5 atom stereocenters. The number of aromatic amines is 1. The molecule has 0 aliphatic heterocycles. The Morgan fingerprint density at radius 3 is 2.03 bits per heavy atom. The zero-order valence-corrected chi connectivity index (χ0v) is 21.4. The summed E-state index contributed by atoms with van der Waals surface area (Å²) in [5, 5.41) is 26.8. The zero-order chi connectivity index (χ0) is 26.3. The first kappa shape index (κ1) is 26.9. The molecule has 0 unspecified atom stereocenters. The highest BCUT2D eigenvalue weighted by molar-refractivity contribution is 7.99. The van der Waals surface area contributed by atoms with Gasteiger partial charge >= 0.3 is 23.9 Å². The van der Waals surface area contributed by atoms with Crippen LogP contribution in [0.4, 0.5) is 0 Å². The molecule has 13 heteroatoms. The van der Waals surface area contributed by atoms with Crippen molar-refractivity contribution in [1.82, 2.24) is 20.1 Å². The standard InChI is InChI=1S/C22H32N4O8S/c1-20(2,3)17(31)33-9-26(10-34-18(32)21(4,5)6)22(16(29)30)7-11(35-19-23-8-24-25-19)12-13(14(12)22)15(27)28/h8,11-14H,7,9-10H2,1-6H3,(H,27,28)(H,29,30)(H,23,24,25)/t11-,12-,13-,14-,22-/m0/s1. The smallest absolute Gasteiger partial charge is 0.324 e. The Morgan fingerprint density at radius 1 is 1.09 bits per heavy atom. The van der Waals surface area contributed by atoms with Crippen LogP contribution in [0.25, 0.3) is 0 Å². The minimum Gasteiger partial charge on any atom is -0.481 e. The van der Waals surface area contributed by atoms with Crippen molar-refractivity contribution in [3.8, 4) is 0 Å². The van der Waals surface area contributed by atoms with Gasteiger partial charge in [0.05, 0.1) is 16.7 Å². The van der Waals surface area contributed by atoms with Crippen molar-refractivity contribution in [2.45, 2.75) is 63.9 Å². The average molecular weight is 513 g/mol. The summed E-state index contributed by atoms with van der Waals surface area (Å²) < 4.78 is 10.9. The summed E-state index contributed by atoms with van der Waals surface area (Å²) in [5.41, 5.74) is -3.44. The monoisotopic (exact) mass is 512 g/mol. The van der Waals surface area contributed by atoms with Crippen molar-refractivity contribution in [2.24, 2.45) is 28.6 Å². The fraction of sp³-hybridized carbons (Fsp3) is 0.727. The van der Waals surface area contributed by atoms with Crippen LogP contribution in [-0.2, 0) is 28.7 Å². The summed E-state index contributed by atoms with van der Waals surface area (Å²) in [6, 6.07) is 0. The largest absolute Gasteiger partial charge is 0.481 e. The Bertz CT molecular complexity index is 957. The number of nitrogens with one attached hydrogen (secondary N) is 1. The second-order valence-electron chi connectivity index (χ2n) is 11.0. The number of H-pyrrole nitrogens is 1. The van der Waals surface area contributed by atoms with Crippen LogP contribution in [0.15, 0.2) is 11.5 Å². The highest BCUT2D eigenvalue weighted by atomic mass is 32.2. The van der Waals surface area contributed by atoms with Crippen molar-refractivity contribution in [3.63, 3.8) is 0 Å². The quantitative estimate of drug-likeness (QED) is 0.324. The van der Waals surface area contributed by atoms with E-state index in [1.54, 1.807) is 41.5 Å². The number of hydrogen-bond acceptors (Lipinski definition) is 10. The summed E-state index contributed by atoms with van der Waals surface area (Å²) in [6.45, 7) is 8.98. The summed E-state index contributed by atoms with van der Waals surface area (Å²) >= 11 is 1.20. The van der Waals surface area contributed by atoms with E-state index >= 15 is 0 Å². The number of carboxylic acid groups (broad SMARTS) is 2. The SMILES string of the molecule is CC(C)(C)C(=O)OCN(COC(=O)C(C)(C)C)[C@@]1(C(=O)O)C[C@H](Sc2nc[nH]n2)[C@H]2[C@H](C(=O)O)[C@H]21. The summed E-state index contributed by atoms with van der Waals surface area (Å²) in [4.78, 5) is 55.1. The van der Waals surface area contributed by atoms with Crippen LogP contribution in [0.3, 0.4) is 0 Å². The molecule has 2 aliphatic carbocycles. The molecule has 1 aromatic heterocycles. The van der Waals surface area contributed by atoms with Crippen LogP contribution in [0.1, 0.15) is 48.0 Å². The molecule has 3 N–H and O–H groups in total. The molecule has 0 spiro atoms. The number of fused-ring (bicyclic) bond motifs is 1. The van der Waals surface area contributed by atoms with Crippen LogP contribution < -0.4 is 0 Å². The number of carbonyl (C=O) groups is 4. The third kappa shape index (κ3) is 5.30. The van der Waals surface area contributed by atoms with Gasteiger partial charge in [-0.3, -0.25) is 24.3 Å². The Hall–Kier alpha value is -2.67. The first-order valence-electron chi connectivity index (χ1n) is 11.2. The van der Waals surface area contributed by atoms with Crippen molar-refractivity contribution in [3.05, 3.63) is 6.33 Å². The van der Waals surface area contributed by atoms with E-state index in [0.29, 0.717) is 5.16 Å². The molecular weight excluding hydrogens is 480 g/mol. The summed E-state index contributed by atoms with van der Waals surface area (Å²) in [6.07, 6.45) is 1.41. The van der Waals surface area contributed by atoms with E-state index in [9.17, 15) is 29.4 Å². The Labute approximate surface area is 207 Å². The van der Waals surface area contributed by atoms with Crippen molar-refractivity contribution < 1.29 is 38.9 Å². The highest BCUT2D eigenvalue weighted by Crippen LogP contribution is 2.67. The van der Waals surface area contributed by atoms with Gasteiger partial charge in [0.1, 0.15) is 25.3 Å². The maximum Gasteiger partial charge on any atom is 0.324 e. The number of rotatable bonds is 9. The molecule has 0 amide bonds. The summed E-state index contributed by atoms with van der Waals surface area (Å²) in [5.74, 6) is -5.69. The number of esters is 2. The molecule has 1 heterocycles. The van der Waals surface area contributed by atoms with Gasteiger partial charge in [-0.25, -0.2) is 9.88 Å². The van der Waals surface area contributed by atoms with Gasteiger partial charge in [0.15, 0.2) is 0 Å². The maximum atomic E-state index is 12.8. The van der Waals surface area contributed by atoms with Crippen LogP contribution in [-0.4, -0.2) is 78.4 Å². The summed E-state index contributed by atoms with van der Waals surface area (Å²) in [7, 11) is 0. The number of nitrogens with zero attached hydrogens (tertiary/aromatic N) is 3. The number of carboxylic acids is 2. The van der Waals surface area contributed by atoms with E-state index in [1.807, 2.05) is 0 Å². The average Bonchev–Trinajstić information content (AvgIpc) is 3.10. The normalized spacial score (nSPS) is 27.9. The first-order valence-corrected chi connectivity index (χ1v) is 12.1. The predicted molar refractivity (Wildman–Crippen MR) is 122 cm³/mol. The molecule has 0 saturated heterocycles. The number of hydrogen-bond donors (Lipinski definition) is 3. The zero-order valence-electron chi connectivity index (χ0n) is 20.6. The fourth-order valence-corrected chi connectivity index (χ4v) is 5.82. The van der Waals surface area contributed by atoms with Crippen molar-refractivity contribution in [2.75, 3.05) is 13.5 Å². The molecule has 2 fully saturated rings.